The fourth-order valence-electron chi connectivity index (χ4n) is 1.72. The SMILES string of the molecule is CCCCCCCCn1cnc(C#N)c1N. The Hall–Kier alpha value is -1.50. The van der Waals surface area contributed by atoms with Crippen molar-refractivity contribution >= 4 is 5.82 Å². The Labute approximate surface area is 97.1 Å². The highest BCUT2D eigenvalue weighted by atomic mass is 15.1. The van der Waals surface area contributed by atoms with E-state index in [-0.39, 0.29) is 0 Å². The third-order valence-corrected chi connectivity index (χ3v) is 2.74. The normalized spacial score (nSPS) is 10.2. The fraction of sp³-hybridized carbons (Fsp3) is 0.667. The number of rotatable bonds is 7. The van der Waals surface area contributed by atoms with Crippen molar-refractivity contribution in [3.63, 3.8) is 0 Å². The van der Waals surface area contributed by atoms with Gasteiger partial charge < -0.3 is 10.3 Å². The van der Waals surface area contributed by atoms with Gasteiger partial charge in [0.25, 0.3) is 0 Å². The monoisotopic (exact) mass is 220 g/mol. The molecule has 88 valence electrons. The Morgan fingerprint density at radius 1 is 1.31 bits per heavy atom. The number of nitrogens with zero attached hydrogens (tertiary/aromatic N) is 3. The molecule has 4 heteroatoms. The molecule has 0 saturated carbocycles. The van der Waals surface area contributed by atoms with Gasteiger partial charge in [0.2, 0.25) is 0 Å². The second kappa shape index (κ2) is 6.89. The summed E-state index contributed by atoms with van der Waals surface area (Å²) in [5.41, 5.74) is 6.09. The summed E-state index contributed by atoms with van der Waals surface area (Å²) in [6.45, 7) is 3.09. The van der Waals surface area contributed by atoms with Gasteiger partial charge in [0.05, 0.1) is 6.33 Å². The molecule has 0 atom stereocenters. The van der Waals surface area contributed by atoms with E-state index in [1.54, 1.807) is 6.33 Å². The molecule has 2 N–H and O–H groups in total. The van der Waals surface area contributed by atoms with Gasteiger partial charge in [0.15, 0.2) is 5.69 Å². The summed E-state index contributed by atoms with van der Waals surface area (Å²) < 4.78 is 1.86. The molecule has 0 aromatic carbocycles. The van der Waals surface area contributed by atoms with Crippen LogP contribution in [0.3, 0.4) is 0 Å². The van der Waals surface area contributed by atoms with Gasteiger partial charge in [-0.3, -0.25) is 0 Å². The second-order valence-electron chi connectivity index (χ2n) is 4.05. The van der Waals surface area contributed by atoms with Crippen molar-refractivity contribution in [2.45, 2.75) is 52.0 Å². The van der Waals surface area contributed by atoms with E-state index in [2.05, 4.69) is 11.9 Å². The number of hydrogen-bond acceptors (Lipinski definition) is 3. The average Bonchev–Trinajstić information content (AvgIpc) is 2.65. The van der Waals surface area contributed by atoms with E-state index in [9.17, 15) is 0 Å². The Kier molecular flexibility index (Phi) is 5.41. The highest BCUT2D eigenvalue weighted by Crippen LogP contribution is 2.11. The van der Waals surface area contributed by atoms with Gasteiger partial charge in [-0.05, 0) is 6.42 Å². The quantitative estimate of drug-likeness (QED) is 0.718. The summed E-state index contributed by atoms with van der Waals surface area (Å²) in [6.07, 6.45) is 9.19. The molecular weight excluding hydrogens is 200 g/mol. The number of aromatic nitrogens is 2. The van der Waals surface area contributed by atoms with E-state index in [0.717, 1.165) is 13.0 Å². The molecule has 0 aliphatic heterocycles. The van der Waals surface area contributed by atoms with E-state index in [1.165, 1.54) is 32.1 Å². The van der Waals surface area contributed by atoms with Crippen LogP contribution in [0.15, 0.2) is 6.33 Å². The summed E-state index contributed by atoms with van der Waals surface area (Å²) in [7, 11) is 0. The van der Waals surface area contributed by atoms with Gasteiger partial charge in [-0.15, -0.1) is 0 Å². The molecule has 0 radical (unpaired) electrons. The zero-order valence-electron chi connectivity index (χ0n) is 9.95. The number of nitriles is 1. The van der Waals surface area contributed by atoms with Crippen molar-refractivity contribution < 1.29 is 0 Å². The number of aryl methyl sites for hydroxylation is 1. The number of nitrogens with two attached hydrogens (primary N) is 1. The van der Waals surface area contributed by atoms with Gasteiger partial charge in [-0.2, -0.15) is 5.26 Å². The van der Waals surface area contributed by atoms with Crippen LogP contribution in [0.2, 0.25) is 0 Å². The molecular formula is C12H20N4. The Balaban J connectivity index is 2.22. The number of imidazole rings is 1. The number of hydrogen-bond donors (Lipinski definition) is 1. The highest BCUT2D eigenvalue weighted by molar-refractivity contribution is 5.44. The fourth-order valence-corrected chi connectivity index (χ4v) is 1.72. The summed E-state index contributed by atoms with van der Waals surface area (Å²) >= 11 is 0. The molecule has 0 aliphatic rings. The van der Waals surface area contributed by atoms with E-state index < -0.39 is 0 Å². The summed E-state index contributed by atoms with van der Waals surface area (Å²) in [5, 5.41) is 8.69. The van der Waals surface area contributed by atoms with E-state index in [4.69, 9.17) is 11.0 Å². The zero-order chi connectivity index (χ0) is 11.8. The van der Waals surface area contributed by atoms with Gasteiger partial charge in [0, 0.05) is 6.54 Å². The van der Waals surface area contributed by atoms with Gasteiger partial charge >= 0.3 is 0 Å². The van der Waals surface area contributed by atoms with Crippen molar-refractivity contribution in [3.8, 4) is 6.07 Å². The molecule has 1 aromatic rings. The van der Waals surface area contributed by atoms with Gasteiger partial charge in [-0.1, -0.05) is 39.0 Å². The Morgan fingerprint density at radius 2 is 2.00 bits per heavy atom. The average molecular weight is 220 g/mol. The topological polar surface area (TPSA) is 67.6 Å². The predicted octanol–water partition coefficient (Wildman–Crippen LogP) is 2.70. The second-order valence-corrected chi connectivity index (χ2v) is 4.05. The molecule has 0 aliphatic carbocycles. The first-order valence-electron chi connectivity index (χ1n) is 6.00. The molecule has 0 amide bonds. The van der Waals surface area contributed by atoms with E-state index in [0.29, 0.717) is 11.5 Å². The number of nitrogen functional groups attached to an aromatic ring is 1. The number of anilines is 1. The van der Waals surface area contributed by atoms with Crippen LogP contribution in [-0.4, -0.2) is 9.55 Å². The zero-order valence-corrected chi connectivity index (χ0v) is 9.95. The van der Waals surface area contributed by atoms with Crippen LogP contribution < -0.4 is 5.73 Å². The van der Waals surface area contributed by atoms with Crippen LogP contribution in [0.1, 0.15) is 51.1 Å². The summed E-state index contributed by atoms with van der Waals surface area (Å²) in [5.74, 6) is 0.496. The van der Waals surface area contributed by atoms with Crippen LogP contribution in [0.4, 0.5) is 5.82 Å². The van der Waals surface area contributed by atoms with Crippen molar-refractivity contribution in [3.05, 3.63) is 12.0 Å². The third-order valence-electron chi connectivity index (χ3n) is 2.74. The Morgan fingerprint density at radius 3 is 2.62 bits per heavy atom. The number of unbranched alkanes of at least 4 members (excludes halogenated alkanes) is 5. The third kappa shape index (κ3) is 3.58. The van der Waals surface area contributed by atoms with Crippen LogP contribution in [0.25, 0.3) is 0 Å². The molecule has 1 aromatic heterocycles. The smallest absolute Gasteiger partial charge is 0.182 e. The van der Waals surface area contributed by atoms with Crippen LogP contribution in [-0.2, 0) is 6.54 Å². The van der Waals surface area contributed by atoms with Crippen LogP contribution in [0.5, 0.6) is 0 Å². The van der Waals surface area contributed by atoms with Crippen molar-refractivity contribution in [2.24, 2.45) is 0 Å². The molecule has 1 rings (SSSR count). The minimum absolute atomic E-state index is 0.339. The van der Waals surface area contributed by atoms with Gasteiger partial charge in [0.1, 0.15) is 11.9 Å². The maximum absolute atomic E-state index is 8.69. The minimum Gasteiger partial charge on any atom is -0.383 e. The summed E-state index contributed by atoms with van der Waals surface area (Å²) in [4.78, 5) is 3.94. The van der Waals surface area contributed by atoms with Crippen molar-refractivity contribution in [1.82, 2.24) is 9.55 Å². The molecule has 0 saturated heterocycles. The lowest BCUT2D eigenvalue weighted by molar-refractivity contribution is 0.560. The highest BCUT2D eigenvalue weighted by Gasteiger charge is 2.05. The maximum atomic E-state index is 8.69. The minimum atomic E-state index is 0.339. The first kappa shape index (κ1) is 12.6. The standard InChI is InChI=1S/C12H20N4/c1-2-3-4-5-6-7-8-16-10-15-11(9-13)12(16)14/h10H,2-8,14H2,1H3. The van der Waals surface area contributed by atoms with E-state index >= 15 is 0 Å². The lowest BCUT2D eigenvalue weighted by Crippen LogP contribution is -2.02. The molecule has 0 bridgehead atoms. The molecule has 4 nitrogen and oxygen atoms in total. The first-order chi connectivity index (χ1) is 7.79. The summed E-state index contributed by atoms with van der Waals surface area (Å²) in [6, 6.07) is 1.98. The van der Waals surface area contributed by atoms with Crippen molar-refractivity contribution in [2.75, 3.05) is 5.73 Å². The largest absolute Gasteiger partial charge is 0.383 e. The van der Waals surface area contributed by atoms with E-state index in [1.807, 2.05) is 10.6 Å². The lowest BCUT2D eigenvalue weighted by Gasteiger charge is -2.04. The Bertz CT molecular complexity index is 348. The van der Waals surface area contributed by atoms with Crippen LogP contribution in [0, 0.1) is 11.3 Å². The lowest BCUT2D eigenvalue weighted by atomic mass is 10.1. The molecule has 16 heavy (non-hydrogen) atoms. The van der Waals surface area contributed by atoms with Gasteiger partial charge in [-0.25, -0.2) is 4.98 Å². The van der Waals surface area contributed by atoms with Crippen LogP contribution >= 0.6 is 0 Å². The first-order valence-corrected chi connectivity index (χ1v) is 6.00. The predicted molar refractivity (Wildman–Crippen MR) is 64.7 cm³/mol. The molecule has 0 fully saturated rings. The molecule has 0 spiro atoms. The maximum Gasteiger partial charge on any atom is 0.182 e. The molecule has 1 heterocycles. The molecule has 0 unspecified atom stereocenters. The van der Waals surface area contributed by atoms with Crippen molar-refractivity contribution in [1.29, 1.82) is 5.26 Å².